The summed E-state index contributed by atoms with van der Waals surface area (Å²) < 4.78 is 0. The predicted octanol–water partition coefficient (Wildman–Crippen LogP) is 1.42. The summed E-state index contributed by atoms with van der Waals surface area (Å²) >= 11 is 0. The van der Waals surface area contributed by atoms with Gasteiger partial charge in [-0.05, 0) is 12.6 Å². The molecule has 0 amide bonds. The smallest absolute Gasteiger partial charge is 0.305 e. The minimum absolute atomic E-state index is 0.0984. The maximum atomic E-state index is 10.5. The van der Waals surface area contributed by atoms with E-state index in [0.29, 0.717) is 0 Å². The molecule has 0 heterocycles. The fraction of sp³-hybridized carbons (Fsp3) is 0.300. The number of carboxylic acid groups (broad SMARTS) is 1. The number of hydrogen-bond donors (Lipinski definition) is 2. The van der Waals surface area contributed by atoms with Crippen LogP contribution in [0.25, 0.3) is 0 Å². The van der Waals surface area contributed by atoms with Crippen LogP contribution < -0.4 is 5.32 Å². The lowest BCUT2D eigenvalue weighted by atomic mass is 10.0. The van der Waals surface area contributed by atoms with Gasteiger partial charge < -0.3 is 10.4 Å². The standard InChI is InChI=1S/C10H13NO2/c1-11-9(7-10(12)13)8-5-3-2-4-6-8/h2-6,9,11H,7H2,1H3,(H,12,13). The highest BCUT2D eigenvalue weighted by Crippen LogP contribution is 2.15. The van der Waals surface area contributed by atoms with Crippen molar-refractivity contribution in [3.8, 4) is 0 Å². The lowest BCUT2D eigenvalue weighted by molar-refractivity contribution is -0.137. The highest BCUT2D eigenvalue weighted by atomic mass is 16.4. The van der Waals surface area contributed by atoms with Crippen LogP contribution in [0.3, 0.4) is 0 Å². The molecule has 0 radical (unpaired) electrons. The maximum Gasteiger partial charge on any atom is 0.305 e. The van der Waals surface area contributed by atoms with Gasteiger partial charge in [-0.1, -0.05) is 30.3 Å². The molecular weight excluding hydrogens is 166 g/mol. The van der Waals surface area contributed by atoms with Crippen molar-refractivity contribution in [1.29, 1.82) is 0 Å². The molecule has 1 atom stereocenters. The molecular formula is C10H13NO2. The van der Waals surface area contributed by atoms with Crippen LogP contribution in [0.1, 0.15) is 18.0 Å². The van der Waals surface area contributed by atoms with Crippen LogP contribution in [0.5, 0.6) is 0 Å². The predicted molar refractivity (Wildman–Crippen MR) is 50.5 cm³/mol. The summed E-state index contributed by atoms with van der Waals surface area (Å²) in [5.74, 6) is -0.789. The topological polar surface area (TPSA) is 49.3 Å². The zero-order valence-corrected chi connectivity index (χ0v) is 7.53. The number of rotatable bonds is 4. The zero-order chi connectivity index (χ0) is 9.68. The Morgan fingerprint density at radius 2 is 2.08 bits per heavy atom. The third kappa shape index (κ3) is 2.87. The van der Waals surface area contributed by atoms with Crippen LogP contribution in [0.4, 0.5) is 0 Å². The van der Waals surface area contributed by atoms with Gasteiger partial charge in [-0.15, -0.1) is 0 Å². The Kier molecular flexibility index (Phi) is 3.46. The fourth-order valence-electron chi connectivity index (χ4n) is 1.25. The molecule has 0 fully saturated rings. The van der Waals surface area contributed by atoms with Crippen molar-refractivity contribution in [3.63, 3.8) is 0 Å². The van der Waals surface area contributed by atoms with Crippen molar-refractivity contribution < 1.29 is 9.90 Å². The second-order valence-electron chi connectivity index (χ2n) is 2.85. The first-order chi connectivity index (χ1) is 6.24. The Labute approximate surface area is 77.4 Å². The van der Waals surface area contributed by atoms with Gasteiger partial charge >= 0.3 is 5.97 Å². The quantitative estimate of drug-likeness (QED) is 0.735. The molecule has 0 saturated carbocycles. The van der Waals surface area contributed by atoms with Gasteiger partial charge in [0.2, 0.25) is 0 Å². The molecule has 0 bridgehead atoms. The largest absolute Gasteiger partial charge is 0.481 e. The summed E-state index contributed by atoms with van der Waals surface area (Å²) in [6, 6.07) is 9.47. The molecule has 0 aliphatic rings. The zero-order valence-electron chi connectivity index (χ0n) is 7.53. The number of nitrogens with one attached hydrogen (secondary N) is 1. The van der Waals surface area contributed by atoms with E-state index in [4.69, 9.17) is 5.11 Å². The fourth-order valence-corrected chi connectivity index (χ4v) is 1.25. The van der Waals surface area contributed by atoms with E-state index in [1.165, 1.54) is 0 Å². The van der Waals surface area contributed by atoms with E-state index in [-0.39, 0.29) is 12.5 Å². The minimum Gasteiger partial charge on any atom is -0.481 e. The van der Waals surface area contributed by atoms with Crippen molar-refractivity contribution in [2.45, 2.75) is 12.5 Å². The third-order valence-corrected chi connectivity index (χ3v) is 1.93. The van der Waals surface area contributed by atoms with Crippen LogP contribution >= 0.6 is 0 Å². The van der Waals surface area contributed by atoms with Crippen molar-refractivity contribution in [2.24, 2.45) is 0 Å². The highest BCUT2D eigenvalue weighted by Gasteiger charge is 2.11. The molecule has 0 saturated heterocycles. The van der Waals surface area contributed by atoms with Gasteiger partial charge in [-0.25, -0.2) is 0 Å². The molecule has 13 heavy (non-hydrogen) atoms. The van der Waals surface area contributed by atoms with Crippen molar-refractivity contribution in [1.82, 2.24) is 5.32 Å². The van der Waals surface area contributed by atoms with Gasteiger partial charge in [0, 0.05) is 6.04 Å². The second-order valence-corrected chi connectivity index (χ2v) is 2.85. The van der Waals surface area contributed by atoms with Gasteiger partial charge in [0.1, 0.15) is 0 Å². The van der Waals surface area contributed by atoms with E-state index < -0.39 is 5.97 Å². The first-order valence-electron chi connectivity index (χ1n) is 4.18. The molecule has 70 valence electrons. The molecule has 2 N–H and O–H groups in total. The van der Waals surface area contributed by atoms with Crippen molar-refractivity contribution >= 4 is 5.97 Å². The molecule has 0 spiro atoms. The van der Waals surface area contributed by atoms with E-state index in [9.17, 15) is 4.79 Å². The molecule has 0 aliphatic heterocycles. The Bertz CT molecular complexity index is 272. The maximum absolute atomic E-state index is 10.5. The van der Waals surface area contributed by atoms with Gasteiger partial charge in [-0.3, -0.25) is 4.79 Å². The first-order valence-corrected chi connectivity index (χ1v) is 4.18. The van der Waals surface area contributed by atoms with Gasteiger partial charge in [0.05, 0.1) is 6.42 Å². The second kappa shape index (κ2) is 4.62. The summed E-state index contributed by atoms with van der Waals surface area (Å²) in [6.07, 6.45) is 0.112. The van der Waals surface area contributed by atoms with Crippen LogP contribution in [0.2, 0.25) is 0 Å². The lowest BCUT2D eigenvalue weighted by Crippen LogP contribution is -2.19. The summed E-state index contributed by atoms with van der Waals surface area (Å²) in [7, 11) is 1.76. The molecule has 3 heteroatoms. The van der Waals surface area contributed by atoms with Gasteiger partial charge in [0.25, 0.3) is 0 Å². The van der Waals surface area contributed by atoms with E-state index in [1.807, 2.05) is 30.3 Å². The van der Waals surface area contributed by atoms with Crippen molar-refractivity contribution in [2.75, 3.05) is 7.05 Å². The van der Waals surface area contributed by atoms with Crippen molar-refractivity contribution in [3.05, 3.63) is 35.9 Å². The molecule has 0 aliphatic carbocycles. The highest BCUT2D eigenvalue weighted by molar-refractivity contribution is 5.67. The Balaban J connectivity index is 2.73. The Hall–Kier alpha value is -1.35. The van der Waals surface area contributed by atoms with E-state index in [0.717, 1.165) is 5.56 Å². The normalized spacial score (nSPS) is 12.4. The summed E-state index contributed by atoms with van der Waals surface area (Å²) in [6.45, 7) is 0. The minimum atomic E-state index is -0.789. The molecule has 1 unspecified atom stereocenters. The van der Waals surface area contributed by atoms with Gasteiger partial charge in [0.15, 0.2) is 0 Å². The lowest BCUT2D eigenvalue weighted by Gasteiger charge is -2.13. The van der Waals surface area contributed by atoms with E-state index >= 15 is 0 Å². The monoisotopic (exact) mass is 179 g/mol. The molecule has 1 aromatic rings. The number of hydrogen-bond acceptors (Lipinski definition) is 2. The first kappa shape index (κ1) is 9.74. The molecule has 1 aromatic carbocycles. The number of aliphatic carboxylic acids is 1. The number of carboxylic acids is 1. The van der Waals surface area contributed by atoms with E-state index in [2.05, 4.69) is 5.32 Å². The number of carbonyl (C=O) groups is 1. The Morgan fingerprint density at radius 1 is 1.46 bits per heavy atom. The summed E-state index contributed by atoms with van der Waals surface area (Å²) in [5, 5.41) is 11.6. The molecule has 1 rings (SSSR count). The average Bonchev–Trinajstić information content (AvgIpc) is 2.15. The van der Waals surface area contributed by atoms with Crippen LogP contribution in [0.15, 0.2) is 30.3 Å². The average molecular weight is 179 g/mol. The third-order valence-electron chi connectivity index (χ3n) is 1.93. The van der Waals surface area contributed by atoms with Crippen LogP contribution in [0, 0.1) is 0 Å². The SMILES string of the molecule is CNC(CC(=O)O)c1ccccc1. The van der Waals surface area contributed by atoms with E-state index in [1.54, 1.807) is 7.05 Å². The van der Waals surface area contributed by atoms with Gasteiger partial charge in [-0.2, -0.15) is 0 Å². The Morgan fingerprint density at radius 3 is 2.54 bits per heavy atom. The summed E-state index contributed by atoms with van der Waals surface area (Å²) in [4.78, 5) is 10.5. The van der Waals surface area contributed by atoms with Crippen LogP contribution in [-0.2, 0) is 4.79 Å². The number of benzene rings is 1. The molecule has 0 aromatic heterocycles. The summed E-state index contributed by atoms with van der Waals surface area (Å²) in [5.41, 5.74) is 1.01. The molecule has 3 nitrogen and oxygen atoms in total. The van der Waals surface area contributed by atoms with Crippen LogP contribution in [-0.4, -0.2) is 18.1 Å².